The number of ether oxygens (including phenoxy) is 1. The third-order valence-corrected chi connectivity index (χ3v) is 5.14. The Morgan fingerprint density at radius 1 is 1.32 bits per heavy atom. The minimum Gasteiger partial charge on any atom is -0.378 e. The van der Waals surface area contributed by atoms with Crippen molar-refractivity contribution in [3.63, 3.8) is 0 Å². The largest absolute Gasteiger partial charge is 0.378 e. The summed E-state index contributed by atoms with van der Waals surface area (Å²) in [6, 6.07) is 4.87. The number of carbonyl (C=O) groups excluding carboxylic acids is 1. The molecule has 0 spiro atoms. The van der Waals surface area contributed by atoms with Gasteiger partial charge in [0.1, 0.15) is 0 Å². The first-order chi connectivity index (χ1) is 12.1. The molecule has 1 aromatic carbocycles. The number of carbonyl (C=O) groups is 1. The molecule has 1 aromatic rings. The van der Waals surface area contributed by atoms with Crippen molar-refractivity contribution < 1.29 is 14.5 Å². The summed E-state index contributed by atoms with van der Waals surface area (Å²) in [7, 11) is 0. The summed E-state index contributed by atoms with van der Waals surface area (Å²) in [5.74, 6) is -0.0976. The van der Waals surface area contributed by atoms with E-state index in [0.29, 0.717) is 38.4 Å². The molecule has 7 nitrogen and oxygen atoms in total. The van der Waals surface area contributed by atoms with E-state index in [9.17, 15) is 14.9 Å². The lowest BCUT2D eigenvalue weighted by atomic mass is 10.1. The van der Waals surface area contributed by atoms with Gasteiger partial charge in [0.2, 0.25) is 0 Å². The first-order valence-electron chi connectivity index (χ1n) is 9.04. The number of nitrogens with zero attached hydrogens (tertiary/aromatic N) is 3. The smallest absolute Gasteiger partial charge is 0.270 e. The van der Waals surface area contributed by atoms with Gasteiger partial charge in [0.05, 0.1) is 29.4 Å². The Morgan fingerprint density at radius 3 is 2.60 bits per heavy atom. The van der Waals surface area contributed by atoms with E-state index >= 15 is 0 Å². The van der Waals surface area contributed by atoms with E-state index in [1.807, 2.05) is 11.8 Å². The summed E-state index contributed by atoms with van der Waals surface area (Å²) in [6.45, 7) is 5.17. The van der Waals surface area contributed by atoms with Crippen LogP contribution in [0.25, 0.3) is 0 Å². The number of benzene rings is 1. The standard InChI is InChI=1S/C18H25N3O4/c1-2-20(14-5-3-4-6-14)18(22)16-13-15(21(23)24)7-8-17(16)19-9-11-25-12-10-19/h7-8,13-14H,2-6,9-12H2,1H3. The van der Waals surface area contributed by atoms with Crippen LogP contribution >= 0.6 is 0 Å². The third-order valence-electron chi connectivity index (χ3n) is 5.14. The predicted octanol–water partition coefficient (Wildman–Crippen LogP) is 2.84. The monoisotopic (exact) mass is 347 g/mol. The number of non-ortho nitro benzene ring substituents is 1. The summed E-state index contributed by atoms with van der Waals surface area (Å²) >= 11 is 0. The molecule has 2 fully saturated rings. The fraction of sp³-hybridized carbons (Fsp3) is 0.611. The highest BCUT2D eigenvalue weighted by Gasteiger charge is 2.30. The maximum absolute atomic E-state index is 13.2. The Morgan fingerprint density at radius 2 is 2.00 bits per heavy atom. The molecule has 1 aliphatic carbocycles. The second-order valence-corrected chi connectivity index (χ2v) is 6.59. The van der Waals surface area contributed by atoms with Crippen molar-refractivity contribution in [1.29, 1.82) is 0 Å². The highest BCUT2D eigenvalue weighted by atomic mass is 16.6. The number of nitro benzene ring substituents is 1. The highest BCUT2D eigenvalue weighted by molar-refractivity contribution is 6.00. The zero-order valence-electron chi connectivity index (χ0n) is 14.6. The predicted molar refractivity (Wildman–Crippen MR) is 95.1 cm³/mol. The zero-order chi connectivity index (χ0) is 17.8. The summed E-state index contributed by atoms with van der Waals surface area (Å²) in [4.78, 5) is 28.0. The van der Waals surface area contributed by atoms with Crippen LogP contribution in [0.3, 0.4) is 0 Å². The Balaban J connectivity index is 1.96. The Bertz CT molecular complexity index is 637. The normalized spacial score (nSPS) is 18.4. The number of morpholine rings is 1. The van der Waals surface area contributed by atoms with Crippen molar-refractivity contribution in [3.05, 3.63) is 33.9 Å². The molecule has 1 saturated carbocycles. The Kier molecular flexibility index (Phi) is 5.53. The molecule has 136 valence electrons. The lowest BCUT2D eigenvalue weighted by molar-refractivity contribution is -0.384. The minimum atomic E-state index is -0.439. The van der Waals surface area contributed by atoms with Crippen LogP contribution in [0, 0.1) is 10.1 Å². The van der Waals surface area contributed by atoms with Crippen LogP contribution in [0.4, 0.5) is 11.4 Å². The summed E-state index contributed by atoms with van der Waals surface area (Å²) < 4.78 is 5.39. The zero-order valence-corrected chi connectivity index (χ0v) is 14.6. The molecule has 1 amide bonds. The fourth-order valence-corrected chi connectivity index (χ4v) is 3.83. The molecule has 0 radical (unpaired) electrons. The van der Waals surface area contributed by atoms with E-state index in [1.165, 1.54) is 12.1 Å². The molecule has 25 heavy (non-hydrogen) atoms. The van der Waals surface area contributed by atoms with Gasteiger partial charge < -0.3 is 14.5 Å². The first kappa shape index (κ1) is 17.7. The Hall–Kier alpha value is -2.15. The average molecular weight is 347 g/mol. The number of nitro groups is 1. The lowest BCUT2D eigenvalue weighted by Gasteiger charge is -2.33. The van der Waals surface area contributed by atoms with Crippen LogP contribution in [-0.4, -0.2) is 54.6 Å². The summed E-state index contributed by atoms with van der Waals surface area (Å²) in [5, 5.41) is 11.2. The molecular formula is C18H25N3O4. The van der Waals surface area contributed by atoms with Gasteiger partial charge in [0.15, 0.2) is 0 Å². The number of hydrogen-bond donors (Lipinski definition) is 0. The number of rotatable bonds is 5. The molecule has 0 N–H and O–H groups in total. The van der Waals surface area contributed by atoms with E-state index < -0.39 is 4.92 Å². The van der Waals surface area contributed by atoms with Gasteiger partial charge in [-0.05, 0) is 25.8 Å². The van der Waals surface area contributed by atoms with Crippen molar-refractivity contribution in [1.82, 2.24) is 4.90 Å². The van der Waals surface area contributed by atoms with Crippen LogP contribution in [0.2, 0.25) is 0 Å². The van der Waals surface area contributed by atoms with E-state index in [2.05, 4.69) is 4.90 Å². The summed E-state index contributed by atoms with van der Waals surface area (Å²) in [6.07, 6.45) is 4.31. The lowest BCUT2D eigenvalue weighted by Crippen LogP contribution is -2.41. The maximum Gasteiger partial charge on any atom is 0.270 e. The second-order valence-electron chi connectivity index (χ2n) is 6.59. The van der Waals surface area contributed by atoms with Gasteiger partial charge in [-0.25, -0.2) is 0 Å². The van der Waals surface area contributed by atoms with Crippen molar-refractivity contribution in [2.75, 3.05) is 37.7 Å². The molecule has 1 saturated heterocycles. The quantitative estimate of drug-likeness (QED) is 0.605. The van der Waals surface area contributed by atoms with Crippen molar-refractivity contribution in [3.8, 4) is 0 Å². The highest BCUT2D eigenvalue weighted by Crippen LogP contribution is 2.30. The van der Waals surface area contributed by atoms with Gasteiger partial charge >= 0.3 is 0 Å². The van der Waals surface area contributed by atoms with Gasteiger partial charge in [0, 0.05) is 37.8 Å². The molecule has 0 atom stereocenters. The number of hydrogen-bond acceptors (Lipinski definition) is 5. The average Bonchev–Trinajstić information content (AvgIpc) is 3.16. The molecule has 0 unspecified atom stereocenters. The van der Waals surface area contributed by atoms with Gasteiger partial charge in [-0.2, -0.15) is 0 Å². The van der Waals surface area contributed by atoms with Crippen LogP contribution in [-0.2, 0) is 4.74 Å². The van der Waals surface area contributed by atoms with Gasteiger partial charge in [0.25, 0.3) is 11.6 Å². The maximum atomic E-state index is 13.2. The number of amides is 1. The van der Waals surface area contributed by atoms with E-state index in [0.717, 1.165) is 31.4 Å². The molecule has 0 bridgehead atoms. The van der Waals surface area contributed by atoms with Gasteiger partial charge in [-0.1, -0.05) is 12.8 Å². The molecular weight excluding hydrogens is 322 g/mol. The minimum absolute atomic E-state index is 0.0390. The topological polar surface area (TPSA) is 75.9 Å². The van der Waals surface area contributed by atoms with Crippen LogP contribution in [0.5, 0.6) is 0 Å². The molecule has 7 heteroatoms. The molecule has 0 aromatic heterocycles. The van der Waals surface area contributed by atoms with Crippen LogP contribution in [0.15, 0.2) is 18.2 Å². The molecule has 1 aliphatic heterocycles. The number of anilines is 1. The first-order valence-corrected chi connectivity index (χ1v) is 9.04. The van der Waals surface area contributed by atoms with Gasteiger partial charge in [-0.3, -0.25) is 14.9 Å². The SMILES string of the molecule is CCN(C(=O)c1cc([N+](=O)[O-])ccc1N1CCOCC1)C1CCCC1. The van der Waals surface area contributed by atoms with E-state index in [1.54, 1.807) is 6.07 Å². The van der Waals surface area contributed by atoms with Crippen molar-refractivity contribution >= 4 is 17.3 Å². The summed E-state index contributed by atoms with van der Waals surface area (Å²) in [5.41, 5.74) is 1.17. The van der Waals surface area contributed by atoms with Gasteiger partial charge in [-0.15, -0.1) is 0 Å². The van der Waals surface area contributed by atoms with E-state index in [-0.39, 0.29) is 17.6 Å². The van der Waals surface area contributed by atoms with Crippen molar-refractivity contribution in [2.24, 2.45) is 0 Å². The van der Waals surface area contributed by atoms with E-state index in [4.69, 9.17) is 4.74 Å². The van der Waals surface area contributed by atoms with Crippen LogP contribution < -0.4 is 4.90 Å². The fourth-order valence-electron chi connectivity index (χ4n) is 3.83. The molecule has 3 rings (SSSR count). The second kappa shape index (κ2) is 7.82. The Labute approximate surface area is 147 Å². The van der Waals surface area contributed by atoms with Crippen LogP contribution in [0.1, 0.15) is 43.0 Å². The van der Waals surface area contributed by atoms with Crippen molar-refractivity contribution in [2.45, 2.75) is 38.6 Å². The molecule has 2 aliphatic rings. The third kappa shape index (κ3) is 3.76. The molecule has 1 heterocycles.